The molecular formula is C16H25N3S. The molecule has 1 fully saturated rings. The second kappa shape index (κ2) is 7.60. The molecule has 1 heterocycles. The molecule has 0 bridgehead atoms. The Labute approximate surface area is 127 Å². The molecule has 4 heteroatoms. The lowest BCUT2D eigenvalue weighted by molar-refractivity contribution is 0.267. The predicted molar refractivity (Wildman–Crippen MR) is 90.3 cm³/mol. The van der Waals surface area contributed by atoms with E-state index in [4.69, 9.17) is 12.2 Å². The molecule has 0 aromatic heterocycles. The summed E-state index contributed by atoms with van der Waals surface area (Å²) in [6.07, 6.45) is 3.64. The second-order valence-electron chi connectivity index (χ2n) is 5.31. The molecule has 110 valence electrons. The van der Waals surface area contributed by atoms with Crippen LogP contribution in [-0.2, 0) is 6.42 Å². The summed E-state index contributed by atoms with van der Waals surface area (Å²) in [5, 5.41) is 7.32. The first kappa shape index (κ1) is 15.3. The van der Waals surface area contributed by atoms with Crippen molar-refractivity contribution in [3.8, 4) is 0 Å². The number of thiocarbonyl (C=S) groups is 1. The molecule has 1 saturated heterocycles. The highest BCUT2D eigenvalue weighted by atomic mass is 32.1. The number of aryl methyl sites for hydroxylation is 1. The molecule has 20 heavy (non-hydrogen) atoms. The molecule has 1 aliphatic rings. The molecule has 1 aromatic rings. The molecule has 0 radical (unpaired) electrons. The minimum atomic E-state index is 0.627. The van der Waals surface area contributed by atoms with E-state index in [2.05, 4.69) is 53.6 Å². The summed E-state index contributed by atoms with van der Waals surface area (Å²) in [6.45, 7) is 7.68. The maximum absolute atomic E-state index is 5.37. The van der Waals surface area contributed by atoms with E-state index >= 15 is 0 Å². The Balaban J connectivity index is 1.77. The number of benzene rings is 1. The van der Waals surface area contributed by atoms with Gasteiger partial charge in [0.15, 0.2) is 5.11 Å². The fourth-order valence-corrected chi connectivity index (χ4v) is 2.95. The lowest BCUT2D eigenvalue weighted by Crippen LogP contribution is -2.41. The van der Waals surface area contributed by atoms with Crippen LogP contribution in [0.2, 0.25) is 0 Å². The number of rotatable bonds is 5. The number of likely N-dealkylation sites (N-methyl/N-ethyl adjacent to an activating group) is 1. The SMILES string of the molecule is CCc1ccc(NC(=S)NC[C@H]2CCCN2CC)cc1. The van der Waals surface area contributed by atoms with Gasteiger partial charge in [-0.2, -0.15) is 0 Å². The van der Waals surface area contributed by atoms with Gasteiger partial charge >= 0.3 is 0 Å². The summed E-state index contributed by atoms with van der Waals surface area (Å²) in [5.41, 5.74) is 2.40. The lowest BCUT2D eigenvalue weighted by Gasteiger charge is -2.23. The van der Waals surface area contributed by atoms with E-state index in [1.807, 2.05) is 0 Å². The average Bonchev–Trinajstić information content (AvgIpc) is 2.93. The van der Waals surface area contributed by atoms with Crippen LogP contribution in [0.3, 0.4) is 0 Å². The van der Waals surface area contributed by atoms with Crippen LogP contribution < -0.4 is 10.6 Å². The Kier molecular flexibility index (Phi) is 5.80. The number of nitrogens with zero attached hydrogens (tertiary/aromatic N) is 1. The largest absolute Gasteiger partial charge is 0.361 e. The van der Waals surface area contributed by atoms with Crippen molar-refractivity contribution in [1.82, 2.24) is 10.2 Å². The van der Waals surface area contributed by atoms with E-state index in [-0.39, 0.29) is 0 Å². The zero-order chi connectivity index (χ0) is 14.4. The number of hydrogen-bond acceptors (Lipinski definition) is 2. The maximum Gasteiger partial charge on any atom is 0.170 e. The topological polar surface area (TPSA) is 27.3 Å². The van der Waals surface area contributed by atoms with Crippen molar-refractivity contribution in [1.29, 1.82) is 0 Å². The monoisotopic (exact) mass is 291 g/mol. The fourth-order valence-electron chi connectivity index (χ4n) is 2.75. The van der Waals surface area contributed by atoms with Gasteiger partial charge in [0.05, 0.1) is 0 Å². The van der Waals surface area contributed by atoms with Crippen molar-refractivity contribution in [3.63, 3.8) is 0 Å². The molecule has 2 rings (SSSR count). The molecule has 0 spiro atoms. The van der Waals surface area contributed by atoms with Crippen LogP contribution in [0.15, 0.2) is 24.3 Å². The highest BCUT2D eigenvalue weighted by Gasteiger charge is 2.22. The summed E-state index contributed by atoms with van der Waals surface area (Å²) in [5.74, 6) is 0. The van der Waals surface area contributed by atoms with Gasteiger partial charge in [-0.15, -0.1) is 0 Å². The van der Waals surface area contributed by atoms with Crippen molar-refractivity contribution in [2.45, 2.75) is 39.2 Å². The minimum absolute atomic E-state index is 0.627. The van der Waals surface area contributed by atoms with E-state index in [9.17, 15) is 0 Å². The van der Waals surface area contributed by atoms with Crippen molar-refractivity contribution < 1.29 is 0 Å². The van der Waals surface area contributed by atoms with Crippen molar-refractivity contribution in [3.05, 3.63) is 29.8 Å². The van der Waals surface area contributed by atoms with Crippen LogP contribution in [0.1, 0.15) is 32.3 Å². The predicted octanol–water partition coefficient (Wildman–Crippen LogP) is 3.02. The smallest absolute Gasteiger partial charge is 0.170 e. The molecule has 2 N–H and O–H groups in total. The summed E-state index contributed by atoms with van der Waals surface area (Å²) in [6, 6.07) is 9.07. The van der Waals surface area contributed by atoms with Crippen molar-refractivity contribution in [2.75, 3.05) is 25.0 Å². The van der Waals surface area contributed by atoms with Crippen molar-refractivity contribution >= 4 is 23.0 Å². The first-order valence-corrected chi connectivity index (χ1v) is 8.01. The van der Waals surface area contributed by atoms with Crippen LogP contribution in [0.25, 0.3) is 0 Å². The molecular weight excluding hydrogens is 266 g/mol. The molecule has 0 unspecified atom stereocenters. The zero-order valence-electron chi connectivity index (χ0n) is 12.5. The molecule has 0 saturated carbocycles. The lowest BCUT2D eigenvalue weighted by atomic mass is 10.1. The minimum Gasteiger partial charge on any atom is -0.361 e. The third kappa shape index (κ3) is 4.18. The van der Waals surface area contributed by atoms with E-state index < -0.39 is 0 Å². The van der Waals surface area contributed by atoms with Gasteiger partial charge in [0.25, 0.3) is 0 Å². The van der Waals surface area contributed by atoms with Gasteiger partial charge in [-0.25, -0.2) is 0 Å². The highest BCUT2D eigenvalue weighted by Crippen LogP contribution is 2.15. The third-order valence-electron chi connectivity index (χ3n) is 4.02. The van der Waals surface area contributed by atoms with Crippen LogP contribution >= 0.6 is 12.2 Å². The summed E-state index contributed by atoms with van der Waals surface area (Å²) >= 11 is 5.37. The van der Waals surface area contributed by atoms with Crippen LogP contribution in [0, 0.1) is 0 Å². The van der Waals surface area contributed by atoms with Gasteiger partial charge in [0.1, 0.15) is 0 Å². The van der Waals surface area contributed by atoms with E-state index in [0.29, 0.717) is 6.04 Å². The Hall–Kier alpha value is -1.13. The average molecular weight is 291 g/mol. The van der Waals surface area contributed by atoms with Gasteiger partial charge < -0.3 is 10.6 Å². The number of anilines is 1. The number of hydrogen-bond donors (Lipinski definition) is 2. The normalized spacial score (nSPS) is 19.0. The van der Waals surface area contributed by atoms with Crippen LogP contribution in [0.5, 0.6) is 0 Å². The van der Waals surface area contributed by atoms with Gasteiger partial charge in [0.2, 0.25) is 0 Å². The molecule has 1 aliphatic heterocycles. The molecule has 3 nitrogen and oxygen atoms in total. The third-order valence-corrected chi connectivity index (χ3v) is 4.27. The Morgan fingerprint density at radius 1 is 1.30 bits per heavy atom. The molecule has 0 amide bonds. The van der Waals surface area contributed by atoms with Gasteiger partial charge in [0, 0.05) is 18.3 Å². The first-order chi connectivity index (χ1) is 9.72. The number of nitrogens with one attached hydrogen (secondary N) is 2. The van der Waals surface area contributed by atoms with E-state index in [1.54, 1.807) is 0 Å². The number of likely N-dealkylation sites (tertiary alicyclic amines) is 1. The first-order valence-electron chi connectivity index (χ1n) is 7.60. The molecule has 1 atom stereocenters. The quantitative estimate of drug-likeness (QED) is 0.816. The second-order valence-corrected chi connectivity index (χ2v) is 5.72. The van der Waals surface area contributed by atoms with Crippen LogP contribution in [-0.4, -0.2) is 35.7 Å². The van der Waals surface area contributed by atoms with Gasteiger partial charge in [-0.1, -0.05) is 26.0 Å². The Morgan fingerprint density at radius 3 is 2.70 bits per heavy atom. The van der Waals surface area contributed by atoms with Crippen LogP contribution in [0.4, 0.5) is 5.69 Å². The standard InChI is InChI=1S/C16H25N3S/c1-3-13-7-9-14(10-8-13)18-16(20)17-12-15-6-5-11-19(15)4-2/h7-10,15H,3-6,11-12H2,1-2H3,(H2,17,18,20)/t15-/m1/s1. The zero-order valence-corrected chi connectivity index (χ0v) is 13.3. The summed E-state index contributed by atoms with van der Waals surface area (Å²) in [7, 11) is 0. The maximum atomic E-state index is 5.37. The van der Waals surface area contributed by atoms with Gasteiger partial charge in [-0.05, 0) is 62.3 Å². The Morgan fingerprint density at radius 2 is 2.05 bits per heavy atom. The summed E-state index contributed by atoms with van der Waals surface area (Å²) < 4.78 is 0. The molecule has 1 aromatic carbocycles. The van der Waals surface area contributed by atoms with E-state index in [1.165, 1.54) is 24.9 Å². The van der Waals surface area contributed by atoms with Gasteiger partial charge in [-0.3, -0.25) is 4.90 Å². The van der Waals surface area contributed by atoms with Crippen molar-refractivity contribution in [2.24, 2.45) is 0 Å². The van der Waals surface area contributed by atoms with E-state index in [0.717, 1.165) is 30.3 Å². The molecule has 0 aliphatic carbocycles. The fraction of sp³-hybridized carbons (Fsp3) is 0.562. The Bertz CT molecular complexity index is 430. The summed E-state index contributed by atoms with van der Waals surface area (Å²) in [4.78, 5) is 2.52. The highest BCUT2D eigenvalue weighted by molar-refractivity contribution is 7.80.